The third-order valence-electron chi connectivity index (χ3n) is 4.86. The van der Waals surface area contributed by atoms with E-state index in [1.165, 1.54) is 0 Å². The van der Waals surface area contributed by atoms with Gasteiger partial charge in [-0.05, 0) is 44.0 Å². The zero-order chi connectivity index (χ0) is 17.4. The molecule has 3 aromatic rings. The number of hydrogen-bond donors (Lipinski definition) is 2. The molecule has 1 fully saturated rings. The summed E-state index contributed by atoms with van der Waals surface area (Å²) < 4.78 is 1.65. The maximum Gasteiger partial charge on any atom is 0.273 e. The second-order valence-corrected chi connectivity index (χ2v) is 6.66. The highest BCUT2D eigenvalue weighted by Crippen LogP contribution is 2.44. The highest BCUT2D eigenvalue weighted by molar-refractivity contribution is 5.93. The van der Waals surface area contributed by atoms with E-state index in [1.807, 2.05) is 37.3 Å². The molecule has 0 spiro atoms. The molecule has 0 bridgehead atoms. The number of aliphatic hydroxyl groups excluding tert-OH is 1. The first-order chi connectivity index (χ1) is 12.1. The standard InChI is InChI=1S/C18H19N5O2/c1-12-16(17(25)20-10-18(11-24)6-7-18)21-22-23(12)14-4-5-15-13(9-14)3-2-8-19-15/h2-5,8-9,24H,6-7,10-11H2,1H3,(H,20,25). The van der Waals surface area contributed by atoms with Gasteiger partial charge in [-0.15, -0.1) is 5.10 Å². The quantitative estimate of drug-likeness (QED) is 0.738. The number of benzene rings is 1. The van der Waals surface area contributed by atoms with Crippen LogP contribution >= 0.6 is 0 Å². The fourth-order valence-corrected chi connectivity index (χ4v) is 2.90. The van der Waals surface area contributed by atoms with Crippen LogP contribution in [0.15, 0.2) is 36.5 Å². The summed E-state index contributed by atoms with van der Waals surface area (Å²) in [6, 6.07) is 9.66. The molecule has 0 aliphatic heterocycles. The van der Waals surface area contributed by atoms with E-state index in [2.05, 4.69) is 20.6 Å². The predicted molar refractivity (Wildman–Crippen MR) is 92.5 cm³/mol. The van der Waals surface area contributed by atoms with Crippen LogP contribution in [0.4, 0.5) is 0 Å². The van der Waals surface area contributed by atoms with E-state index < -0.39 is 0 Å². The van der Waals surface area contributed by atoms with Crippen molar-refractivity contribution in [1.29, 1.82) is 0 Å². The van der Waals surface area contributed by atoms with E-state index in [0.29, 0.717) is 17.9 Å². The van der Waals surface area contributed by atoms with Gasteiger partial charge >= 0.3 is 0 Å². The Morgan fingerprint density at radius 3 is 2.96 bits per heavy atom. The molecule has 1 aromatic carbocycles. The molecule has 4 rings (SSSR count). The average molecular weight is 337 g/mol. The van der Waals surface area contributed by atoms with E-state index in [-0.39, 0.29) is 17.9 Å². The number of rotatable bonds is 5. The summed E-state index contributed by atoms with van der Waals surface area (Å²) in [7, 11) is 0. The molecular weight excluding hydrogens is 318 g/mol. The average Bonchev–Trinajstić information content (AvgIpc) is 3.34. The van der Waals surface area contributed by atoms with Crippen LogP contribution in [0.5, 0.6) is 0 Å². The Morgan fingerprint density at radius 1 is 1.36 bits per heavy atom. The van der Waals surface area contributed by atoms with Gasteiger partial charge in [-0.2, -0.15) is 0 Å². The Kier molecular flexibility index (Phi) is 3.73. The fraction of sp³-hybridized carbons (Fsp3) is 0.333. The van der Waals surface area contributed by atoms with Crippen molar-refractivity contribution >= 4 is 16.8 Å². The number of hydrogen-bond acceptors (Lipinski definition) is 5. The van der Waals surface area contributed by atoms with Gasteiger partial charge in [0.25, 0.3) is 5.91 Å². The topological polar surface area (TPSA) is 92.9 Å². The van der Waals surface area contributed by atoms with Gasteiger partial charge in [0.2, 0.25) is 0 Å². The Labute approximate surface area is 144 Å². The van der Waals surface area contributed by atoms with Crippen molar-refractivity contribution in [3.8, 4) is 5.69 Å². The molecule has 0 atom stereocenters. The van der Waals surface area contributed by atoms with E-state index in [9.17, 15) is 9.90 Å². The summed E-state index contributed by atoms with van der Waals surface area (Å²) in [6.07, 6.45) is 3.64. The first-order valence-electron chi connectivity index (χ1n) is 8.28. The fourth-order valence-electron chi connectivity index (χ4n) is 2.90. The lowest BCUT2D eigenvalue weighted by Gasteiger charge is -2.12. The molecule has 1 saturated carbocycles. The van der Waals surface area contributed by atoms with E-state index in [0.717, 1.165) is 29.4 Å². The van der Waals surface area contributed by atoms with Crippen molar-refractivity contribution in [3.05, 3.63) is 47.9 Å². The number of carbonyl (C=O) groups is 1. The molecule has 7 nitrogen and oxygen atoms in total. The highest BCUT2D eigenvalue weighted by atomic mass is 16.3. The molecule has 1 aliphatic rings. The number of carbonyl (C=O) groups excluding carboxylic acids is 1. The lowest BCUT2D eigenvalue weighted by Crippen LogP contribution is -2.32. The molecule has 128 valence electrons. The highest BCUT2D eigenvalue weighted by Gasteiger charge is 2.42. The lowest BCUT2D eigenvalue weighted by atomic mass is 10.1. The van der Waals surface area contributed by atoms with Gasteiger partial charge in [0, 0.05) is 23.5 Å². The molecule has 25 heavy (non-hydrogen) atoms. The van der Waals surface area contributed by atoms with Crippen molar-refractivity contribution in [3.63, 3.8) is 0 Å². The summed E-state index contributed by atoms with van der Waals surface area (Å²) in [5, 5.41) is 21.4. The minimum absolute atomic E-state index is 0.101. The number of nitrogens with one attached hydrogen (secondary N) is 1. The smallest absolute Gasteiger partial charge is 0.273 e. The summed E-state index contributed by atoms with van der Waals surface area (Å²) >= 11 is 0. The SMILES string of the molecule is Cc1c(C(=O)NCC2(CO)CC2)nnn1-c1ccc2ncccc2c1. The van der Waals surface area contributed by atoms with Crippen LogP contribution in [0.25, 0.3) is 16.6 Å². The van der Waals surface area contributed by atoms with Gasteiger partial charge in [0.15, 0.2) is 5.69 Å². The molecule has 0 radical (unpaired) electrons. The summed E-state index contributed by atoms with van der Waals surface area (Å²) in [5.74, 6) is -0.258. The van der Waals surface area contributed by atoms with Crippen LogP contribution in [0, 0.1) is 12.3 Å². The molecule has 0 saturated heterocycles. The maximum absolute atomic E-state index is 12.4. The number of fused-ring (bicyclic) bond motifs is 1. The Hall–Kier alpha value is -2.80. The van der Waals surface area contributed by atoms with Gasteiger partial charge in [-0.1, -0.05) is 11.3 Å². The normalized spacial score (nSPS) is 15.3. The summed E-state index contributed by atoms with van der Waals surface area (Å²) in [5.41, 5.74) is 2.58. The minimum atomic E-state index is -0.258. The van der Waals surface area contributed by atoms with E-state index >= 15 is 0 Å². The first kappa shape index (κ1) is 15.7. The molecule has 1 amide bonds. The second-order valence-electron chi connectivity index (χ2n) is 6.66. The van der Waals surface area contributed by atoms with Crippen LogP contribution in [0.2, 0.25) is 0 Å². The molecule has 2 N–H and O–H groups in total. The first-order valence-corrected chi connectivity index (χ1v) is 8.28. The number of amides is 1. The number of nitrogens with zero attached hydrogens (tertiary/aromatic N) is 4. The largest absolute Gasteiger partial charge is 0.396 e. The Balaban J connectivity index is 1.58. The third-order valence-corrected chi connectivity index (χ3v) is 4.86. The Bertz CT molecular complexity index is 946. The summed E-state index contributed by atoms with van der Waals surface area (Å²) in [6.45, 7) is 2.39. The zero-order valence-electron chi connectivity index (χ0n) is 13.9. The van der Waals surface area contributed by atoms with Gasteiger partial charge in [-0.25, -0.2) is 4.68 Å². The van der Waals surface area contributed by atoms with Crippen molar-refractivity contribution in [1.82, 2.24) is 25.3 Å². The number of aromatic nitrogens is 4. The van der Waals surface area contributed by atoms with Crippen molar-refractivity contribution in [2.75, 3.05) is 13.2 Å². The predicted octanol–water partition coefficient (Wildman–Crippen LogP) is 1.63. The van der Waals surface area contributed by atoms with Gasteiger partial charge in [0.05, 0.1) is 23.5 Å². The van der Waals surface area contributed by atoms with Crippen LogP contribution in [-0.2, 0) is 0 Å². The van der Waals surface area contributed by atoms with Crippen LogP contribution < -0.4 is 5.32 Å². The molecular formula is C18H19N5O2. The van der Waals surface area contributed by atoms with Crippen molar-refractivity contribution in [2.45, 2.75) is 19.8 Å². The number of pyridine rings is 1. The van der Waals surface area contributed by atoms with Crippen molar-refractivity contribution in [2.24, 2.45) is 5.41 Å². The lowest BCUT2D eigenvalue weighted by molar-refractivity contribution is 0.0929. The monoisotopic (exact) mass is 337 g/mol. The van der Waals surface area contributed by atoms with Crippen LogP contribution in [0.3, 0.4) is 0 Å². The molecule has 2 aromatic heterocycles. The van der Waals surface area contributed by atoms with Gasteiger partial charge in [-0.3, -0.25) is 9.78 Å². The molecule has 1 aliphatic carbocycles. The van der Waals surface area contributed by atoms with E-state index in [1.54, 1.807) is 10.9 Å². The van der Waals surface area contributed by atoms with Crippen LogP contribution in [-0.4, -0.2) is 44.1 Å². The van der Waals surface area contributed by atoms with Crippen LogP contribution in [0.1, 0.15) is 29.0 Å². The van der Waals surface area contributed by atoms with Crippen molar-refractivity contribution < 1.29 is 9.90 Å². The second kappa shape index (κ2) is 5.93. The Morgan fingerprint density at radius 2 is 2.20 bits per heavy atom. The van der Waals surface area contributed by atoms with E-state index in [4.69, 9.17) is 0 Å². The summed E-state index contributed by atoms with van der Waals surface area (Å²) in [4.78, 5) is 16.7. The third kappa shape index (κ3) is 2.87. The molecule has 2 heterocycles. The molecule has 0 unspecified atom stereocenters. The zero-order valence-corrected chi connectivity index (χ0v) is 13.9. The minimum Gasteiger partial charge on any atom is -0.396 e. The number of aliphatic hydroxyl groups is 1. The van der Waals surface area contributed by atoms with Gasteiger partial charge < -0.3 is 10.4 Å². The maximum atomic E-state index is 12.4. The molecule has 7 heteroatoms. The van der Waals surface area contributed by atoms with Gasteiger partial charge in [0.1, 0.15) is 0 Å².